The van der Waals surface area contributed by atoms with E-state index in [4.69, 9.17) is 4.42 Å². The molecule has 6 nitrogen and oxygen atoms in total. The molecular formula is C12H16BrN3O3S2. The van der Waals surface area contributed by atoms with E-state index >= 15 is 0 Å². The van der Waals surface area contributed by atoms with Gasteiger partial charge in [0.1, 0.15) is 15.7 Å². The van der Waals surface area contributed by atoms with Gasteiger partial charge in [0.05, 0.1) is 12.6 Å². The Kier molecular flexibility index (Phi) is 5.55. The van der Waals surface area contributed by atoms with Gasteiger partial charge in [0.25, 0.3) is 0 Å². The molecule has 0 aliphatic heterocycles. The number of hydrogen-bond donors (Lipinski definition) is 2. The van der Waals surface area contributed by atoms with Crippen LogP contribution in [-0.2, 0) is 16.6 Å². The van der Waals surface area contributed by atoms with Crippen LogP contribution in [0.4, 0.5) is 0 Å². The highest BCUT2D eigenvalue weighted by molar-refractivity contribution is 9.10. The first-order valence-electron chi connectivity index (χ1n) is 6.34. The van der Waals surface area contributed by atoms with E-state index in [9.17, 15) is 8.42 Å². The van der Waals surface area contributed by atoms with Gasteiger partial charge in [-0.3, -0.25) is 0 Å². The Morgan fingerprint density at radius 1 is 1.52 bits per heavy atom. The number of aromatic nitrogens is 1. The second-order valence-electron chi connectivity index (χ2n) is 4.34. The van der Waals surface area contributed by atoms with E-state index in [2.05, 4.69) is 31.0 Å². The Morgan fingerprint density at radius 3 is 2.90 bits per heavy atom. The summed E-state index contributed by atoms with van der Waals surface area (Å²) in [5, 5.41) is 5.60. The largest absolute Gasteiger partial charge is 0.452 e. The summed E-state index contributed by atoms with van der Waals surface area (Å²) in [7, 11) is -3.67. The molecule has 0 aliphatic carbocycles. The van der Waals surface area contributed by atoms with E-state index in [0.29, 0.717) is 17.3 Å². The predicted octanol–water partition coefficient (Wildman–Crippen LogP) is 2.65. The van der Waals surface area contributed by atoms with Crippen molar-refractivity contribution in [3.8, 4) is 0 Å². The lowest BCUT2D eigenvalue weighted by Crippen LogP contribution is -2.26. The Hall–Kier alpha value is -0.740. The van der Waals surface area contributed by atoms with Crippen molar-refractivity contribution in [2.24, 2.45) is 0 Å². The van der Waals surface area contributed by atoms with Gasteiger partial charge in [-0.15, -0.1) is 11.3 Å². The van der Waals surface area contributed by atoms with E-state index < -0.39 is 16.1 Å². The minimum absolute atomic E-state index is 0.0961. The fourth-order valence-electron chi connectivity index (χ4n) is 1.71. The second kappa shape index (κ2) is 7.01. The molecule has 0 spiro atoms. The van der Waals surface area contributed by atoms with Crippen LogP contribution < -0.4 is 10.0 Å². The summed E-state index contributed by atoms with van der Waals surface area (Å²) in [4.78, 5) is 4.20. The number of furan rings is 1. The standard InChI is InChI=1S/C12H16BrN3O3S2/c1-3-14-7-9-6-10(11(13)19-9)21(17,18)16-8(2)12-15-4-5-20-12/h4-6,8,14,16H,3,7H2,1-2H3. The lowest BCUT2D eigenvalue weighted by atomic mass is 10.4. The van der Waals surface area contributed by atoms with E-state index in [0.717, 1.165) is 6.54 Å². The number of thiazole rings is 1. The molecule has 2 N–H and O–H groups in total. The number of sulfonamides is 1. The maximum absolute atomic E-state index is 12.4. The number of nitrogens with one attached hydrogen (secondary N) is 2. The number of halogens is 1. The van der Waals surface area contributed by atoms with Crippen LogP contribution in [0, 0.1) is 0 Å². The minimum Gasteiger partial charge on any atom is -0.452 e. The molecular weight excluding hydrogens is 378 g/mol. The molecule has 0 aliphatic rings. The molecule has 0 aromatic carbocycles. The lowest BCUT2D eigenvalue weighted by Gasteiger charge is -2.10. The lowest BCUT2D eigenvalue weighted by molar-refractivity contribution is 0.464. The van der Waals surface area contributed by atoms with Crippen molar-refractivity contribution in [2.75, 3.05) is 6.54 Å². The Balaban J connectivity index is 2.17. The Labute approximate surface area is 136 Å². The summed E-state index contributed by atoms with van der Waals surface area (Å²) < 4.78 is 33.0. The van der Waals surface area contributed by atoms with Gasteiger partial charge in [-0.05, 0) is 29.4 Å². The van der Waals surface area contributed by atoms with Crippen LogP contribution in [0.25, 0.3) is 0 Å². The molecule has 0 fully saturated rings. The summed E-state index contributed by atoms with van der Waals surface area (Å²) >= 11 is 4.56. The topological polar surface area (TPSA) is 84.2 Å². The van der Waals surface area contributed by atoms with Gasteiger partial charge < -0.3 is 9.73 Å². The SMILES string of the molecule is CCNCc1cc(S(=O)(=O)NC(C)c2nccs2)c(Br)o1. The summed E-state index contributed by atoms with van der Waals surface area (Å²) in [5.41, 5.74) is 0. The first-order chi connectivity index (χ1) is 9.94. The molecule has 2 rings (SSSR count). The van der Waals surface area contributed by atoms with Gasteiger partial charge in [-0.2, -0.15) is 0 Å². The van der Waals surface area contributed by atoms with Crippen LogP contribution in [-0.4, -0.2) is 19.9 Å². The molecule has 2 aromatic heterocycles. The van der Waals surface area contributed by atoms with Crippen molar-refractivity contribution in [1.82, 2.24) is 15.0 Å². The molecule has 0 saturated carbocycles. The van der Waals surface area contributed by atoms with Crippen molar-refractivity contribution in [3.63, 3.8) is 0 Å². The normalized spacial score (nSPS) is 13.5. The summed E-state index contributed by atoms with van der Waals surface area (Å²) in [6, 6.07) is 1.12. The third-order valence-corrected chi connectivity index (χ3v) is 6.05. The number of hydrogen-bond acceptors (Lipinski definition) is 6. The molecule has 2 heterocycles. The summed E-state index contributed by atoms with van der Waals surface area (Å²) in [5.74, 6) is 0.561. The maximum atomic E-state index is 12.4. The van der Waals surface area contributed by atoms with E-state index in [1.54, 1.807) is 13.1 Å². The zero-order chi connectivity index (χ0) is 15.5. The highest BCUT2D eigenvalue weighted by Crippen LogP contribution is 2.27. The zero-order valence-electron chi connectivity index (χ0n) is 11.6. The molecule has 21 heavy (non-hydrogen) atoms. The van der Waals surface area contributed by atoms with Gasteiger partial charge in [-0.25, -0.2) is 18.1 Å². The van der Waals surface area contributed by atoms with Crippen LogP contribution in [0.1, 0.15) is 30.7 Å². The zero-order valence-corrected chi connectivity index (χ0v) is 14.8. The fourth-order valence-corrected chi connectivity index (χ4v) is 4.64. The summed E-state index contributed by atoms with van der Waals surface area (Å²) in [6.07, 6.45) is 1.65. The summed E-state index contributed by atoms with van der Waals surface area (Å²) in [6.45, 7) is 4.98. The van der Waals surface area contributed by atoms with Crippen LogP contribution in [0.15, 0.2) is 31.6 Å². The number of nitrogens with zero attached hydrogens (tertiary/aromatic N) is 1. The van der Waals surface area contributed by atoms with Gasteiger partial charge in [0, 0.05) is 17.6 Å². The highest BCUT2D eigenvalue weighted by atomic mass is 79.9. The average Bonchev–Trinajstić information content (AvgIpc) is 3.05. The molecule has 116 valence electrons. The van der Waals surface area contributed by atoms with E-state index in [1.165, 1.54) is 17.4 Å². The van der Waals surface area contributed by atoms with Gasteiger partial charge in [-0.1, -0.05) is 6.92 Å². The molecule has 0 amide bonds. The van der Waals surface area contributed by atoms with Crippen LogP contribution in [0.3, 0.4) is 0 Å². The first-order valence-corrected chi connectivity index (χ1v) is 9.50. The van der Waals surface area contributed by atoms with Crippen molar-refractivity contribution >= 4 is 37.3 Å². The Morgan fingerprint density at radius 2 is 2.29 bits per heavy atom. The molecule has 1 unspecified atom stereocenters. The number of rotatable bonds is 7. The monoisotopic (exact) mass is 393 g/mol. The molecule has 9 heteroatoms. The van der Waals surface area contributed by atoms with Crippen LogP contribution >= 0.6 is 27.3 Å². The van der Waals surface area contributed by atoms with Gasteiger partial charge in [0.2, 0.25) is 10.0 Å². The van der Waals surface area contributed by atoms with Crippen molar-refractivity contribution in [1.29, 1.82) is 0 Å². The maximum Gasteiger partial charge on any atom is 0.245 e. The minimum atomic E-state index is -3.67. The predicted molar refractivity (Wildman–Crippen MR) is 84.6 cm³/mol. The van der Waals surface area contributed by atoms with Crippen molar-refractivity contribution < 1.29 is 12.8 Å². The smallest absolute Gasteiger partial charge is 0.245 e. The average molecular weight is 394 g/mol. The third-order valence-electron chi connectivity index (χ3n) is 2.70. The van der Waals surface area contributed by atoms with Crippen molar-refractivity contribution in [3.05, 3.63) is 33.1 Å². The first kappa shape index (κ1) is 16.6. The quantitative estimate of drug-likeness (QED) is 0.754. The van der Waals surface area contributed by atoms with Gasteiger partial charge in [0.15, 0.2) is 4.67 Å². The van der Waals surface area contributed by atoms with Crippen LogP contribution in [0.5, 0.6) is 0 Å². The molecule has 2 aromatic rings. The van der Waals surface area contributed by atoms with Gasteiger partial charge >= 0.3 is 0 Å². The molecule has 0 saturated heterocycles. The molecule has 1 atom stereocenters. The molecule has 0 bridgehead atoms. The van der Waals surface area contributed by atoms with Crippen LogP contribution in [0.2, 0.25) is 0 Å². The fraction of sp³-hybridized carbons (Fsp3) is 0.417. The third kappa shape index (κ3) is 4.13. The second-order valence-corrected chi connectivity index (χ2v) is 7.67. The Bertz CT molecular complexity index is 683. The van der Waals surface area contributed by atoms with E-state index in [1.807, 2.05) is 12.3 Å². The van der Waals surface area contributed by atoms with Crippen molar-refractivity contribution in [2.45, 2.75) is 31.3 Å². The van der Waals surface area contributed by atoms with E-state index in [-0.39, 0.29) is 9.56 Å². The highest BCUT2D eigenvalue weighted by Gasteiger charge is 2.25. The molecule has 0 radical (unpaired) electrons.